The Kier molecular flexibility index (Phi) is 6.73. The number of anilines is 1. The van der Waals surface area contributed by atoms with Gasteiger partial charge < -0.3 is 25.4 Å². The number of methoxy groups -OCH3 is 1. The highest BCUT2D eigenvalue weighted by atomic mass is 16.5. The summed E-state index contributed by atoms with van der Waals surface area (Å²) in [5.41, 5.74) is 6.45. The molecule has 0 fully saturated rings. The van der Waals surface area contributed by atoms with Gasteiger partial charge >= 0.3 is 0 Å². The number of pyridine rings is 1. The molecule has 7 nitrogen and oxygen atoms in total. The van der Waals surface area contributed by atoms with E-state index >= 15 is 0 Å². The summed E-state index contributed by atoms with van der Waals surface area (Å²) < 4.78 is 10.7. The van der Waals surface area contributed by atoms with Crippen molar-refractivity contribution in [1.29, 1.82) is 0 Å². The van der Waals surface area contributed by atoms with Gasteiger partial charge in [-0.3, -0.25) is 4.79 Å². The summed E-state index contributed by atoms with van der Waals surface area (Å²) in [5.74, 6) is 1.60. The zero-order chi connectivity index (χ0) is 18.2. The van der Waals surface area contributed by atoms with Gasteiger partial charge in [0.25, 0.3) is 0 Å². The lowest BCUT2D eigenvalue weighted by molar-refractivity contribution is -0.117. The van der Waals surface area contributed by atoms with Gasteiger partial charge in [0.15, 0.2) is 0 Å². The average molecular weight is 344 g/mol. The number of nitrogens with zero attached hydrogens (tertiary/aromatic N) is 2. The lowest BCUT2D eigenvalue weighted by Crippen LogP contribution is -2.37. The van der Waals surface area contributed by atoms with Crippen molar-refractivity contribution < 1.29 is 14.3 Å². The molecule has 2 aromatic rings. The molecule has 3 N–H and O–H groups in total. The topological polar surface area (TPSA) is 89.7 Å². The van der Waals surface area contributed by atoms with Gasteiger partial charge in [0.05, 0.1) is 25.0 Å². The van der Waals surface area contributed by atoms with Crippen LogP contribution in [0.5, 0.6) is 17.4 Å². The quantitative estimate of drug-likeness (QED) is 0.762. The molecule has 134 valence electrons. The van der Waals surface area contributed by atoms with Gasteiger partial charge in [-0.2, -0.15) is 0 Å². The number of amides is 1. The van der Waals surface area contributed by atoms with Crippen molar-refractivity contribution in [1.82, 2.24) is 9.88 Å². The van der Waals surface area contributed by atoms with Crippen molar-refractivity contribution in [3.8, 4) is 17.4 Å². The number of ether oxygens (including phenoxy) is 2. The summed E-state index contributed by atoms with van der Waals surface area (Å²) >= 11 is 0. The molecule has 1 aromatic carbocycles. The van der Waals surface area contributed by atoms with E-state index in [1.807, 2.05) is 19.0 Å². The average Bonchev–Trinajstić information content (AvgIpc) is 2.62. The van der Waals surface area contributed by atoms with Gasteiger partial charge in [0.1, 0.15) is 11.5 Å². The first kappa shape index (κ1) is 18.7. The molecule has 25 heavy (non-hydrogen) atoms. The van der Waals surface area contributed by atoms with Crippen LogP contribution in [-0.2, 0) is 4.79 Å². The van der Waals surface area contributed by atoms with Crippen LogP contribution in [0.2, 0.25) is 0 Å². The molecule has 1 unspecified atom stereocenters. The van der Waals surface area contributed by atoms with Crippen LogP contribution in [0, 0.1) is 0 Å². The number of hydrogen-bond acceptors (Lipinski definition) is 6. The van der Waals surface area contributed by atoms with Crippen molar-refractivity contribution >= 4 is 11.6 Å². The maximum absolute atomic E-state index is 12.0. The number of rotatable bonds is 8. The molecule has 0 aliphatic heterocycles. The highest BCUT2D eigenvalue weighted by Gasteiger charge is 2.14. The van der Waals surface area contributed by atoms with Gasteiger partial charge in [-0.25, -0.2) is 4.98 Å². The summed E-state index contributed by atoms with van der Waals surface area (Å²) in [7, 11) is 5.49. The van der Waals surface area contributed by atoms with Crippen molar-refractivity contribution in [2.75, 3.05) is 33.1 Å². The first-order chi connectivity index (χ1) is 12.0. The number of benzene rings is 1. The van der Waals surface area contributed by atoms with Crippen molar-refractivity contribution in [2.24, 2.45) is 5.73 Å². The summed E-state index contributed by atoms with van der Waals surface area (Å²) in [4.78, 5) is 18.2. The second-order valence-electron chi connectivity index (χ2n) is 5.85. The predicted molar refractivity (Wildman–Crippen MR) is 97.1 cm³/mol. The Bertz CT molecular complexity index is 672. The lowest BCUT2D eigenvalue weighted by Gasteiger charge is -2.15. The number of carbonyl (C=O) groups excluding carboxylic acids is 1. The molecule has 1 amide bonds. The largest absolute Gasteiger partial charge is 0.497 e. The van der Waals surface area contributed by atoms with Gasteiger partial charge in [0, 0.05) is 6.07 Å². The highest BCUT2D eigenvalue weighted by molar-refractivity contribution is 5.94. The van der Waals surface area contributed by atoms with Crippen LogP contribution in [0.25, 0.3) is 0 Å². The van der Waals surface area contributed by atoms with Crippen LogP contribution in [0.3, 0.4) is 0 Å². The third-order valence-electron chi connectivity index (χ3n) is 3.51. The molecule has 0 radical (unpaired) electrons. The van der Waals surface area contributed by atoms with Gasteiger partial charge in [-0.15, -0.1) is 0 Å². The monoisotopic (exact) mass is 344 g/mol. The second kappa shape index (κ2) is 9.00. The first-order valence-electron chi connectivity index (χ1n) is 7.97. The van der Waals surface area contributed by atoms with E-state index in [2.05, 4.69) is 10.3 Å². The fraction of sp³-hybridized carbons (Fsp3) is 0.333. The molecule has 1 heterocycles. The number of carbonyl (C=O) groups is 1. The fourth-order valence-electron chi connectivity index (χ4n) is 2.04. The summed E-state index contributed by atoms with van der Waals surface area (Å²) in [6.07, 6.45) is 2.13. The maximum atomic E-state index is 12.0. The summed E-state index contributed by atoms with van der Waals surface area (Å²) in [5, 5.41) is 2.75. The Morgan fingerprint density at radius 2 is 1.88 bits per heavy atom. The van der Waals surface area contributed by atoms with Gasteiger partial charge in [-0.1, -0.05) is 0 Å². The smallest absolute Gasteiger partial charge is 0.241 e. The standard InChI is InChI=1S/C18H24N4O3/c1-22(2)11-10-16(19)18(23)21-13-4-9-17(20-12-13)25-15-7-5-14(24-3)6-8-15/h4-9,12,16H,10-11,19H2,1-3H3,(H,21,23). The van der Waals surface area contributed by atoms with Gasteiger partial charge in [0.2, 0.25) is 11.8 Å². The number of nitrogens with two attached hydrogens (primary N) is 1. The zero-order valence-electron chi connectivity index (χ0n) is 14.7. The molecule has 0 bridgehead atoms. The molecular weight excluding hydrogens is 320 g/mol. The minimum Gasteiger partial charge on any atom is -0.497 e. The van der Waals surface area contributed by atoms with Crippen LogP contribution in [0.1, 0.15) is 6.42 Å². The molecule has 2 rings (SSSR count). The van der Waals surface area contributed by atoms with Crippen LogP contribution in [-0.4, -0.2) is 49.6 Å². The van der Waals surface area contributed by atoms with Crippen LogP contribution >= 0.6 is 0 Å². The Morgan fingerprint density at radius 1 is 1.20 bits per heavy atom. The maximum Gasteiger partial charge on any atom is 0.241 e. The lowest BCUT2D eigenvalue weighted by atomic mass is 10.2. The zero-order valence-corrected chi connectivity index (χ0v) is 14.7. The van der Waals surface area contributed by atoms with Crippen molar-refractivity contribution in [3.05, 3.63) is 42.6 Å². The minimum atomic E-state index is -0.558. The fourth-order valence-corrected chi connectivity index (χ4v) is 2.04. The normalized spacial score (nSPS) is 11.9. The van der Waals surface area contributed by atoms with Crippen LogP contribution in [0.4, 0.5) is 5.69 Å². The number of hydrogen-bond donors (Lipinski definition) is 2. The van der Waals surface area contributed by atoms with E-state index in [0.29, 0.717) is 23.7 Å². The highest BCUT2D eigenvalue weighted by Crippen LogP contribution is 2.23. The first-order valence-corrected chi connectivity index (χ1v) is 7.97. The molecule has 1 atom stereocenters. The summed E-state index contributed by atoms with van der Waals surface area (Å²) in [6.45, 7) is 0.751. The van der Waals surface area contributed by atoms with E-state index in [1.54, 1.807) is 43.5 Å². The molecule has 0 aliphatic carbocycles. The van der Waals surface area contributed by atoms with E-state index in [4.69, 9.17) is 15.2 Å². The number of aromatic nitrogens is 1. The summed E-state index contributed by atoms with van der Waals surface area (Å²) in [6, 6.07) is 10.0. The molecule has 0 saturated heterocycles. The Labute approximate surface area is 147 Å². The van der Waals surface area contributed by atoms with E-state index in [1.165, 1.54) is 6.20 Å². The Hall–Kier alpha value is -2.64. The van der Waals surface area contributed by atoms with Crippen molar-refractivity contribution in [2.45, 2.75) is 12.5 Å². The second-order valence-corrected chi connectivity index (χ2v) is 5.85. The van der Waals surface area contributed by atoms with E-state index in [9.17, 15) is 4.79 Å². The minimum absolute atomic E-state index is 0.229. The molecule has 0 aliphatic rings. The van der Waals surface area contributed by atoms with Crippen molar-refractivity contribution in [3.63, 3.8) is 0 Å². The van der Waals surface area contributed by atoms with E-state index in [0.717, 1.165) is 12.3 Å². The Morgan fingerprint density at radius 3 is 2.44 bits per heavy atom. The Balaban J connectivity index is 1.89. The van der Waals surface area contributed by atoms with E-state index in [-0.39, 0.29) is 5.91 Å². The third-order valence-corrected chi connectivity index (χ3v) is 3.51. The van der Waals surface area contributed by atoms with E-state index < -0.39 is 6.04 Å². The van der Waals surface area contributed by atoms with Crippen LogP contribution < -0.4 is 20.5 Å². The molecule has 1 aromatic heterocycles. The molecule has 0 spiro atoms. The van der Waals surface area contributed by atoms with Crippen LogP contribution in [0.15, 0.2) is 42.6 Å². The molecular formula is C18H24N4O3. The molecule has 0 saturated carbocycles. The van der Waals surface area contributed by atoms with Gasteiger partial charge in [-0.05, 0) is 57.4 Å². The predicted octanol–water partition coefficient (Wildman–Crippen LogP) is 2.10. The SMILES string of the molecule is COc1ccc(Oc2ccc(NC(=O)C(N)CCN(C)C)cn2)cc1. The molecule has 7 heteroatoms. The number of nitrogens with one attached hydrogen (secondary N) is 1. The third kappa shape index (κ3) is 6.06.